The van der Waals surface area contributed by atoms with Crippen LogP contribution in [0.5, 0.6) is 0 Å². The Kier molecular flexibility index (Phi) is 4.08. The Balaban J connectivity index is 1.78. The second-order valence-corrected chi connectivity index (χ2v) is 7.50. The number of aldehydes is 1. The second kappa shape index (κ2) is 5.70. The average Bonchev–Trinajstić information content (AvgIpc) is 2.96. The maximum atomic E-state index is 11.5. The zero-order chi connectivity index (χ0) is 17.7. The monoisotopic (exact) mass is 334 g/mol. The van der Waals surface area contributed by atoms with Crippen LogP contribution >= 0.6 is 0 Å². The van der Waals surface area contributed by atoms with Crippen LogP contribution in [0.1, 0.15) is 57.1 Å². The highest BCUT2D eigenvalue weighted by Crippen LogP contribution is 2.39. The third-order valence-corrected chi connectivity index (χ3v) is 5.43. The fourth-order valence-corrected chi connectivity index (χ4v) is 3.01. The van der Waals surface area contributed by atoms with E-state index in [1.165, 1.54) is 7.11 Å². The normalized spacial score (nSPS) is 27.6. The average molecular weight is 334 g/mol. The number of rotatable bonds is 4. The van der Waals surface area contributed by atoms with Gasteiger partial charge in [0, 0.05) is 11.7 Å². The first-order valence-corrected chi connectivity index (χ1v) is 8.16. The van der Waals surface area contributed by atoms with Gasteiger partial charge < -0.3 is 14.0 Å². The van der Waals surface area contributed by atoms with Crippen molar-refractivity contribution in [1.82, 2.24) is 9.78 Å². The van der Waals surface area contributed by atoms with Crippen molar-refractivity contribution in [3.63, 3.8) is 0 Å². The van der Waals surface area contributed by atoms with E-state index < -0.39 is 18.3 Å². The Bertz CT molecular complexity index is 647. The van der Waals surface area contributed by atoms with E-state index in [0.717, 1.165) is 0 Å². The zero-order valence-electron chi connectivity index (χ0n) is 14.7. The van der Waals surface area contributed by atoms with Gasteiger partial charge in [-0.25, -0.2) is 0 Å². The molecule has 2 aliphatic rings. The van der Waals surface area contributed by atoms with Crippen molar-refractivity contribution in [1.29, 1.82) is 0 Å². The van der Waals surface area contributed by atoms with Gasteiger partial charge >= 0.3 is 13.1 Å². The van der Waals surface area contributed by atoms with Crippen molar-refractivity contribution in [3.8, 4) is 0 Å². The van der Waals surface area contributed by atoms with Gasteiger partial charge in [0.2, 0.25) is 0 Å². The molecule has 1 aliphatic heterocycles. The highest BCUT2D eigenvalue weighted by molar-refractivity contribution is 6.63. The summed E-state index contributed by atoms with van der Waals surface area (Å²) in [5, 5.41) is 4.35. The second-order valence-electron chi connectivity index (χ2n) is 7.50. The van der Waals surface area contributed by atoms with Gasteiger partial charge in [-0.05, 0) is 40.5 Å². The van der Waals surface area contributed by atoms with Crippen molar-refractivity contribution in [2.45, 2.75) is 57.8 Å². The maximum Gasteiger partial charge on any atom is 0.498 e. The lowest BCUT2D eigenvalue weighted by Gasteiger charge is -2.33. The molecule has 0 amide bonds. The topological polar surface area (TPSA) is 79.6 Å². The number of esters is 1. The summed E-state index contributed by atoms with van der Waals surface area (Å²) in [6.45, 7) is 7.85. The Morgan fingerprint density at radius 2 is 1.92 bits per heavy atom. The summed E-state index contributed by atoms with van der Waals surface area (Å²) in [6.07, 6.45) is 3.84. The van der Waals surface area contributed by atoms with Gasteiger partial charge in [-0.15, -0.1) is 0 Å². The van der Waals surface area contributed by atoms with E-state index in [0.29, 0.717) is 30.3 Å². The van der Waals surface area contributed by atoms with E-state index >= 15 is 0 Å². The predicted molar refractivity (Wildman–Crippen MR) is 87.1 cm³/mol. The molecule has 1 saturated carbocycles. The van der Waals surface area contributed by atoms with E-state index in [9.17, 15) is 9.59 Å². The number of hydrogen-bond acceptors (Lipinski definition) is 6. The van der Waals surface area contributed by atoms with Crippen LogP contribution in [-0.4, -0.2) is 47.5 Å². The highest BCUT2D eigenvalue weighted by Gasteiger charge is 2.53. The fourth-order valence-electron chi connectivity index (χ4n) is 3.01. The molecule has 1 aromatic heterocycles. The van der Waals surface area contributed by atoms with Crippen LogP contribution in [0, 0.1) is 5.92 Å². The molecule has 8 heteroatoms. The Morgan fingerprint density at radius 3 is 2.42 bits per heavy atom. The third-order valence-electron chi connectivity index (χ3n) is 5.43. The van der Waals surface area contributed by atoms with Crippen molar-refractivity contribution >= 4 is 24.8 Å². The van der Waals surface area contributed by atoms with Crippen molar-refractivity contribution in [2.24, 2.45) is 5.92 Å². The molecule has 1 aromatic rings. The quantitative estimate of drug-likeness (QED) is 0.466. The van der Waals surface area contributed by atoms with E-state index in [1.54, 1.807) is 10.9 Å². The number of nitrogens with zero attached hydrogens (tertiary/aromatic N) is 2. The van der Waals surface area contributed by atoms with Crippen molar-refractivity contribution < 1.29 is 23.6 Å². The molecule has 0 aromatic carbocycles. The third kappa shape index (κ3) is 2.67. The highest BCUT2D eigenvalue weighted by atomic mass is 16.7. The molecule has 0 spiro atoms. The molecule has 24 heavy (non-hydrogen) atoms. The Hall–Kier alpha value is -1.67. The lowest BCUT2D eigenvalue weighted by molar-refractivity contribution is -0.149. The number of methoxy groups -OCH3 is 1. The van der Waals surface area contributed by atoms with Gasteiger partial charge in [0.25, 0.3) is 0 Å². The molecule has 130 valence electrons. The molecule has 0 bridgehead atoms. The lowest BCUT2D eigenvalue weighted by atomic mass is 9.78. The van der Waals surface area contributed by atoms with Gasteiger partial charge in [0.15, 0.2) is 6.29 Å². The Morgan fingerprint density at radius 1 is 1.33 bits per heavy atom. The number of aromatic nitrogens is 2. The van der Waals surface area contributed by atoms with E-state index in [4.69, 9.17) is 14.0 Å². The molecule has 3 rings (SSSR count). The number of hydrogen-bond donors (Lipinski definition) is 0. The summed E-state index contributed by atoms with van der Waals surface area (Å²) in [7, 11) is 0.769. The zero-order valence-corrected chi connectivity index (χ0v) is 14.7. The summed E-state index contributed by atoms with van der Waals surface area (Å²) in [4.78, 5) is 22.9. The van der Waals surface area contributed by atoms with Crippen molar-refractivity contribution in [2.75, 3.05) is 7.11 Å². The lowest BCUT2D eigenvalue weighted by Crippen LogP contribution is -2.41. The first kappa shape index (κ1) is 17.2. The maximum absolute atomic E-state index is 11.5. The molecular weight excluding hydrogens is 311 g/mol. The number of ether oxygens (including phenoxy) is 1. The number of carbonyl (C=O) groups excluding carboxylic acids is 2. The van der Waals surface area contributed by atoms with Crippen LogP contribution < -0.4 is 5.46 Å². The molecule has 1 aliphatic carbocycles. The summed E-state index contributed by atoms with van der Waals surface area (Å²) >= 11 is 0. The van der Waals surface area contributed by atoms with E-state index in [2.05, 4.69) is 5.10 Å². The molecule has 2 heterocycles. The predicted octanol–water partition coefficient (Wildman–Crippen LogP) is 1.12. The fraction of sp³-hybridized carbons (Fsp3) is 0.688. The van der Waals surface area contributed by atoms with Crippen LogP contribution in [-0.2, 0) is 18.8 Å². The SMILES string of the molecule is COC(=O)C1CC(n2cc(B3OC(C)(C)C(C)(C)O3)c(C=O)n2)C1. The molecule has 0 radical (unpaired) electrons. The van der Waals surface area contributed by atoms with E-state index in [-0.39, 0.29) is 17.9 Å². The molecular formula is C16H23BN2O5. The first-order valence-electron chi connectivity index (χ1n) is 8.16. The molecule has 1 saturated heterocycles. The smallest absolute Gasteiger partial charge is 0.469 e. The van der Waals surface area contributed by atoms with Gasteiger partial charge in [-0.1, -0.05) is 0 Å². The largest absolute Gasteiger partial charge is 0.498 e. The van der Waals surface area contributed by atoms with Gasteiger partial charge in [0.1, 0.15) is 5.69 Å². The summed E-state index contributed by atoms with van der Waals surface area (Å²) in [6, 6.07) is 0.0870. The van der Waals surface area contributed by atoms with E-state index in [1.807, 2.05) is 27.7 Å². The summed E-state index contributed by atoms with van der Waals surface area (Å²) in [5.41, 5.74) is -0.0150. The minimum Gasteiger partial charge on any atom is -0.469 e. The van der Waals surface area contributed by atoms with Gasteiger partial charge in [0.05, 0.1) is 30.3 Å². The van der Waals surface area contributed by atoms with Crippen LogP contribution in [0.3, 0.4) is 0 Å². The van der Waals surface area contributed by atoms with Crippen LogP contribution in [0.15, 0.2) is 6.20 Å². The van der Waals surface area contributed by atoms with Crippen LogP contribution in [0.2, 0.25) is 0 Å². The molecule has 0 N–H and O–H groups in total. The summed E-state index contributed by atoms with van der Waals surface area (Å²) in [5.74, 6) is -0.288. The standard InChI is InChI=1S/C16H23BN2O5/c1-15(2)16(3,4)24-17(23-15)12-8-19(18-13(12)9-20)11-6-10(7-11)14(21)22-5/h8-11H,6-7H2,1-5H3. The molecule has 7 nitrogen and oxygen atoms in total. The minimum absolute atomic E-state index is 0.0870. The molecule has 0 atom stereocenters. The first-order chi connectivity index (χ1) is 11.2. The number of carbonyl (C=O) groups is 2. The molecule has 0 unspecified atom stereocenters. The van der Waals surface area contributed by atoms with Gasteiger partial charge in [-0.2, -0.15) is 5.10 Å². The Labute approximate surface area is 141 Å². The minimum atomic E-state index is -0.625. The summed E-state index contributed by atoms with van der Waals surface area (Å²) < 4.78 is 18.5. The van der Waals surface area contributed by atoms with Crippen LogP contribution in [0.25, 0.3) is 0 Å². The van der Waals surface area contributed by atoms with Crippen LogP contribution in [0.4, 0.5) is 0 Å². The molecule has 2 fully saturated rings. The van der Waals surface area contributed by atoms with Gasteiger partial charge in [-0.3, -0.25) is 14.3 Å². The van der Waals surface area contributed by atoms with Crippen molar-refractivity contribution in [3.05, 3.63) is 11.9 Å².